The monoisotopic (exact) mass is 376 g/mol. The standard InChI is InChI=1S/C18H21ClN4OS/c1-13-5-2-3-8-23(13)16-10-18(21-12-20-16)25-11-17(24)22-15-7-4-6-14(19)9-15/h4,6-7,9-10,12-13H,2-3,5,8,11H2,1H3,(H,22,24). The summed E-state index contributed by atoms with van der Waals surface area (Å²) >= 11 is 7.33. The first-order valence-electron chi connectivity index (χ1n) is 8.39. The van der Waals surface area contributed by atoms with E-state index < -0.39 is 0 Å². The number of halogens is 1. The van der Waals surface area contributed by atoms with Crippen molar-refractivity contribution in [2.75, 3.05) is 22.5 Å². The van der Waals surface area contributed by atoms with Gasteiger partial charge in [0.1, 0.15) is 17.2 Å². The van der Waals surface area contributed by atoms with E-state index in [9.17, 15) is 4.79 Å². The molecule has 1 N–H and O–H groups in total. The minimum atomic E-state index is -0.0845. The summed E-state index contributed by atoms with van der Waals surface area (Å²) in [5.41, 5.74) is 0.698. The molecule has 1 aromatic heterocycles. The Hall–Kier alpha value is -1.79. The van der Waals surface area contributed by atoms with Gasteiger partial charge in [-0.3, -0.25) is 4.79 Å². The van der Waals surface area contributed by atoms with Gasteiger partial charge in [-0.25, -0.2) is 9.97 Å². The smallest absolute Gasteiger partial charge is 0.234 e. The van der Waals surface area contributed by atoms with Crippen molar-refractivity contribution in [1.29, 1.82) is 0 Å². The van der Waals surface area contributed by atoms with Gasteiger partial charge in [0.25, 0.3) is 0 Å². The Kier molecular flexibility index (Phi) is 6.15. The molecule has 0 bridgehead atoms. The van der Waals surface area contributed by atoms with Crippen LogP contribution in [0.1, 0.15) is 26.2 Å². The average molecular weight is 377 g/mol. The van der Waals surface area contributed by atoms with Crippen LogP contribution in [0.5, 0.6) is 0 Å². The molecule has 1 aromatic carbocycles. The first-order chi connectivity index (χ1) is 12.1. The highest BCUT2D eigenvalue weighted by molar-refractivity contribution is 7.99. The van der Waals surface area contributed by atoms with Gasteiger partial charge in [-0.05, 0) is 44.4 Å². The molecule has 0 saturated carbocycles. The zero-order valence-electron chi connectivity index (χ0n) is 14.1. The third-order valence-electron chi connectivity index (χ3n) is 4.18. The molecule has 1 aliphatic heterocycles. The molecule has 1 aliphatic rings. The van der Waals surface area contributed by atoms with Crippen LogP contribution in [0.25, 0.3) is 0 Å². The zero-order valence-corrected chi connectivity index (χ0v) is 15.7. The molecule has 0 spiro atoms. The van der Waals surface area contributed by atoms with Gasteiger partial charge in [-0.1, -0.05) is 29.4 Å². The maximum atomic E-state index is 12.1. The number of piperidine rings is 1. The highest BCUT2D eigenvalue weighted by atomic mass is 35.5. The number of nitrogens with one attached hydrogen (secondary N) is 1. The summed E-state index contributed by atoms with van der Waals surface area (Å²) in [5, 5.41) is 4.25. The molecule has 1 unspecified atom stereocenters. The summed E-state index contributed by atoms with van der Waals surface area (Å²) in [7, 11) is 0. The van der Waals surface area contributed by atoms with Crippen LogP contribution in [0.3, 0.4) is 0 Å². The second-order valence-electron chi connectivity index (χ2n) is 6.10. The molecule has 2 aromatic rings. The maximum absolute atomic E-state index is 12.1. The second-order valence-corrected chi connectivity index (χ2v) is 7.53. The van der Waals surface area contributed by atoms with Crippen LogP contribution in [0.15, 0.2) is 41.7 Å². The summed E-state index contributed by atoms with van der Waals surface area (Å²) in [6.45, 7) is 3.25. The summed E-state index contributed by atoms with van der Waals surface area (Å²) in [6.07, 6.45) is 5.23. The number of carbonyl (C=O) groups is 1. The van der Waals surface area contributed by atoms with Gasteiger partial charge in [0.15, 0.2) is 0 Å². The van der Waals surface area contributed by atoms with Crippen molar-refractivity contribution < 1.29 is 4.79 Å². The van der Waals surface area contributed by atoms with Crippen molar-refractivity contribution in [2.45, 2.75) is 37.3 Å². The van der Waals surface area contributed by atoms with Crippen molar-refractivity contribution in [3.63, 3.8) is 0 Å². The number of amides is 1. The van der Waals surface area contributed by atoms with Crippen LogP contribution in [0.2, 0.25) is 5.02 Å². The van der Waals surface area contributed by atoms with Gasteiger partial charge in [-0.2, -0.15) is 0 Å². The zero-order chi connectivity index (χ0) is 17.6. The molecular formula is C18H21ClN4OS. The quantitative estimate of drug-likeness (QED) is 0.624. The van der Waals surface area contributed by atoms with Crippen molar-refractivity contribution in [3.05, 3.63) is 41.7 Å². The summed E-state index contributed by atoms with van der Waals surface area (Å²) < 4.78 is 0. The van der Waals surface area contributed by atoms with Crippen LogP contribution in [0, 0.1) is 0 Å². The lowest BCUT2D eigenvalue weighted by Gasteiger charge is -2.34. The van der Waals surface area contributed by atoms with E-state index in [0.29, 0.717) is 22.5 Å². The highest BCUT2D eigenvalue weighted by Crippen LogP contribution is 2.25. The van der Waals surface area contributed by atoms with E-state index in [1.807, 2.05) is 18.2 Å². The van der Waals surface area contributed by atoms with Crippen molar-refractivity contribution >= 4 is 40.8 Å². The fraction of sp³-hybridized carbons (Fsp3) is 0.389. The average Bonchev–Trinajstić information content (AvgIpc) is 2.61. The Morgan fingerprint density at radius 1 is 1.36 bits per heavy atom. The summed E-state index contributed by atoms with van der Waals surface area (Å²) in [6, 6.07) is 9.59. The van der Waals surface area contributed by atoms with E-state index >= 15 is 0 Å². The largest absolute Gasteiger partial charge is 0.354 e. The number of thioether (sulfide) groups is 1. The SMILES string of the molecule is CC1CCCCN1c1cc(SCC(=O)Nc2cccc(Cl)c2)ncn1. The first-order valence-corrected chi connectivity index (χ1v) is 9.75. The van der Waals surface area contributed by atoms with Crippen molar-refractivity contribution in [3.8, 4) is 0 Å². The number of nitrogens with zero attached hydrogens (tertiary/aromatic N) is 3. The Bertz CT molecular complexity index is 743. The number of benzene rings is 1. The number of hydrogen-bond donors (Lipinski definition) is 1. The van der Waals surface area contributed by atoms with Crippen molar-refractivity contribution in [2.24, 2.45) is 0 Å². The Balaban J connectivity index is 1.57. The van der Waals surface area contributed by atoms with Gasteiger partial charge in [0.05, 0.1) is 5.75 Å². The Morgan fingerprint density at radius 2 is 2.24 bits per heavy atom. The van der Waals surface area contributed by atoms with E-state index in [4.69, 9.17) is 11.6 Å². The Labute approximate surface area is 157 Å². The van der Waals surface area contributed by atoms with Gasteiger partial charge in [-0.15, -0.1) is 0 Å². The predicted octanol–water partition coefficient (Wildman–Crippen LogP) is 4.24. The van der Waals surface area contributed by atoms with Gasteiger partial charge in [0.2, 0.25) is 5.91 Å². The van der Waals surface area contributed by atoms with Gasteiger partial charge < -0.3 is 10.2 Å². The molecule has 7 heteroatoms. The number of anilines is 2. The maximum Gasteiger partial charge on any atom is 0.234 e. The molecule has 1 saturated heterocycles. The molecule has 25 heavy (non-hydrogen) atoms. The van der Waals surface area contributed by atoms with E-state index in [0.717, 1.165) is 17.4 Å². The third-order valence-corrected chi connectivity index (χ3v) is 5.34. The molecule has 0 aliphatic carbocycles. The summed E-state index contributed by atoms with van der Waals surface area (Å²) in [5.74, 6) is 1.15. The Morgan fingerprint density at radius 3 is 3.04 bits per heavy atom. The van der Waals surface area contributed by atoms with Crippen molar-refractivity contribution in [1.82, 2.24) is 9.97 Å². The van der Waals surface area contributed by atoms with E-state index in [-0.39, 0.29) is 5.91 Å². The minimum Gasteiger partial charge on any atom is -0.354 e. The first kappa shape index (κ1) is 18.0. The van der Waals surface area contributed by atoms with Crippen LogP contribution >= 0.6 is 23.4 Å². The number of aromatic nitrogens is 2. The van der Waals surface area contributed by atoms with Crippen LogP contribution < -0.4 is 10.2 Å². The van der Waals surface area contributed by atoms with E-state index in [1.54, 1.807) is 18.5 Å². The second kappa shape index (κ2) is 8.54. The molecule has 1 fully saturated rings. The predicted molar refractivity (Wildman–Crippen MR) is 103 cm³/mol. The lowest BCUT2D eigenvalue weighted by atomic mass is 10.0. The molecule has 1 atom stereocenters. The number of carbonyl (C=O) groups excluding carboxylic acids is 1. The lowest BCUT2D eigenvalue weighted by Crippen LogP contribution is -2.38. The topological polar surface area (TPSA) is 58.1 Å². The normalized spacial score (nSPS) is 17.4. The van der Waals surface area contributed by atoms with Gasteiger partial charge >= 0.3 is 0 Å². The molecule has 5 nitrogen and oxygen atoms in total. The highest BCUT2D eigenvalue weighted by Gasteiger charge is 2.20. The fourth-order valence-corrected chi connectivity index (χ4v) is 3.76. The molecular weight excluding hydrogens is 356 g/mol. The third kappa shape index (κ3) is 5.09. The lowest BCUT2D eigenvalue weighted by molar-refractivity contribution is -0.113. The van der Waals surface area contributed by atoms with Gasteiger partial charge in [0, 0.05) is 29.4 Å². The number of hydrogen-bond acceptors (Lipinski definition) is 5. The van der Waals surface area contributed by atoms with Crippen LogP contribution in [-0.4, -0.2) is 34.2 Å². The molecule has 1 amide bonds. The molecule has 3 rings (SSSR count). The number of rotatable bonds is 5. The van der Waals surface area contributed by atoms with E-state index in [1.165, 1.54) is 31.0 Å². The molecule has 132 valence electrons. The summed E-state index contributed by atoms with van der Waals surface area (Å²) in [4.78, 5) is 23.1. The minimum absolute atomic E-state index is 0.0845. The fourth-order valence-electron chi connectivity index (χ4n) is 2.91. The molecule has 0 radical (unpaired) electrons. The van der Waals surface area contributed by atoms with Crippen LogP contribution in [-0.2, 0) is 4.79 Å². The molecule has 2 heterocycles. The van der Waals surface area contributed by atoms with Crippen LogP contribution in [0.4, 0.5) is 11.5 Å². The van der Waals surface area contributed by atoms with E-state index in [2.05, 4.69) is 27.1 Å².